The van der Waals surface area contributed by atoms with Crippen LogP contribution in [-0.2, 0) is 0 Å². The van der Waals surface area contributed by atoms with Gasteiger partial charge in [-0.25, -0.2) is 4.98 Å². The van der Waals surface area contributed by atoms with Gasteiger partial charge in [-0.15, -0.1) is 0 Å². The highest BCUT2D eigenvalue weighted by Crippen LogP contribution is 2.08. The van der Waals surface area contributed by atoms with E-state index >= 15 is 0 Å². The lowest BCUT2D eigenvalue weighted by Crippen LogP contribution is -2.34. The summed E-state index contributed by atoms with van der Waals surface area (Å²) in [6.45, 7) is 2.96. The van der Waals surface area contributed by atoms with Crippen molar-refractivity contribution in [3.05, 3.63) is 29.0 Å². The zero-order valence-corrected chi connectivity index (χ0v) is 10.7. The predicted molar refractivity (Wildman–Crippen MR) is 67.1 cm³/mol. The van der Waals surface area contributed by atoms with Crippen molar-refractivity contribution in [2.45, 2.75) is 19.8 Å². The Kier molecular flexibility index (Phi) is 5.94. The second-order valence-corrected chi connectivity index (χ2v) is 4.10. The number of pyridine rings is 1. The first-order valence-electron chi connectivity index (χ1n) is 5.71. The molecule has 1 aromatic heterocycles. The zero-order chi connectivity index (χ0) is 12.7. The second kappa shape index (κ2) is 7.25. The molecule has 0 bridgehead atoms. The van der Waals surface area contributed by atoms with Crippen LogP contribution in [0.1, 0.15) is 30.3 Å². The van der Waals surface area contributed by atoms with Gasteiger partial charge in [-0.1, -0.05) is 31.0 Å². The highest BCUT2D eigenvalue weighted by atomic mass is 35.5. The number of nitrogens with zero attached hydrogens (tertiary/aromatic N) is 2. The number of aliphatic hydroxyl groups is 1. The Labute approximate surface area is 106 Å². The van der Waals surface area contributed by atoms with Gasteiger partial charge in [-0.05, 0) is 18.6 Å². The van der Waals surface area contributed by atoms with E-state index in [-0.39, 0.29) is 12.5 Å². The number of amides is 1. The Balaban J connectivity index is 2.76. The molecule has 4 nitrogen and oxygen atoms in total. The van der Waals surface area contributed by atoms with E-state index in [0.29, 0.717) is 23.9 Å². The molecule has 0 spiro atoms. The van der Waals surface area contributed by atoms with Crippen molar-refractivity contribution in [1.29, 1.82) is 0 Å². The summed E-state index contributed by atoms with van der Waals surface area (Å²) < 4.78 is 0. The molecule has 17 heavy (non-hydrogen) atoms. The lowest BCUT2D eigenvalue weighted by atomic mass is 10.2. The molecule has 94 valence electrons. The molecule has 0 aliphatic heterocycles. The number of halogens is 1. The fourth-order valence-electron chi connectivity index (χ4n) is 1.47. The van der Waals surface area contributed by atoms with Crippen LogP contribution in [0.15, 0.2) is 18.2 Å². The predicted octanol–water partition coefficient (Wildman–Crippen LogP) is 1.97. The van der Waals surface area contributed by atoms with Crippen LogP contribution >= 0.6 is 11.6 Å². The first-order chi connectivity index (χ1) is 8.19. The zero-order valence-electron chi connectivity index (χ0n) is 9.90. The minimum absolute atomic E-state index is 0.0456. The molecule has 0 saturated heterocycles. The summed E-state index contributed by atoms with van der Waals surface area (Å²) in [6.07, 6.45) is 1.91. The van der Waals surface area contributed by atoms with Crippen LogP contribution in [0.5, 0.6) is 0 Å². The first kappa shape index (κ1) is 13.9. The Morgan fingerprint density at radius 3 is 2.82 bits per heavy atom. The van der Waals surface area contributed by atoms with Gasteiger partial charge < -0.3 is 10.0 Å². The number of carbonyl (C=O) groups is 1. The topological polar surface area (TPSA) is 53.4 Å². The van der Waals surface area contributed by atoms with E-state index in [1.54, 1.807) is 23.1 Å². The average molecular weight is 257 g/mol. The monoisotopic (exact) mass is 256 g/mol. The molecule has 0 atom stereocenters. The Morgan fingerprint density at radius 2 is 2.24 bits per heavy atom. The van der Waals surface area contributed by atoms with Gasteiger partial charge in [0.1, 0.15) is 10.8 Å². The highest BCUT2D eigenvalue weighted by molar-refractivity contribution is 6.29. The summed E-state index contributed by atoms with van der Waals surface area (Å²) in [5, 5.41) is 9.25. The Bertz CT molecular complexity index is 371. The second-order valence-electron chi connectivity index (χ2n) is 3.71. The van der Waals surface area contributed by atoms with Crippen LogP contribution in [0, 0.1) is 0 Å². The van der Waals surface area contributed by atoms with Gasteiger partial charge in [-0.3, -0.25) is 4.79 Å². The van der Waals surface area contributed by atoms with E-state index in [2.05, 4.69) is 11.9 Å². The molecule has 0 aromatic carbocycles. The van der Waals surface area contributed by atoms with E-state index in [9.17, 15) is 4.79 Å². The van der Waals surface area contributed by atoms with E-state index < -0.39 is 0 Å². The molecule has 0 aliphatic carbocycles. The number of hydrogen-bond donors (Lipinski definition) is 1. The van der Waals surface area contributed by atoms with Gasteiger partial charge in [0.2, 0.25) is 0 Å². The molecule has 0 aliphatic rings. The van der Waals surface area contributed by atoms with Gasteiger partial charge in [0.25, 0.3) is 5.91 Å². The highest BCUT2D eigenvalue weighted by Gasteiger charge is 2.16. The van der Waals surface area contributed by atoms with Crippen molar-refractivity contribution < 1.29 is 9.90 Å². The fraction of sp³-hybridized carbons (Fsp3) is 0.500. The molecular weight excluding hydrogens is 240 g/mol. The number of aromatic nitrogens is 1. The molecule has 0 saturated carbocycles. The third kappa shape index (κ3) is 4.32. The first-order valence-corrected chi connectivity index (χ1v) is 6.09. The summed E-state index contributed by atoms with van der Waals surface area (Å²) in [4.78, 5) is 17.7. The quantitative estimate of drug-likeness (QED) is 0.792. The molecule has 1 N–H and O–H groups in total. The van der Waals surface area contributed by atoms with Crippen LogP contribution in [0.2, 0.25) is 5.15 Å². The summed E-state index contributed by atoms with van der Waals surface area (Å²) in [7, 11) is 0. The third-order valence-electron chi connectivity index (χ3n) is 2.37. The summed E-state index contributed by atoms with van der Waals surface area (Å²) >= 11 is 5.74. The van der Waals surface area contributed by atoms with Crippen LogP contribution in [-0.4, -0.2) is 40.6 Å². The maximum absolute atomic E-state index is 12.1. The standard InChI is InChI=1S/C12H17ClN2O2/c1-2-3-7-15(8-9-16)12(17)10-5-4-6-11(13)14-10/h4-6,16H,2-3,7-9H2,1H3. The lowest BCUT2D eigenvalue weighted by molar-refractivity contribution is 0.0713. The van der Waals surface area contributed by atoms with Crippen LogP contribution < -0.4 is 0 Å². The van der Waals surface area contributed by atoms with Gasteiger partial charge in [-0.2, -0.15) is 0 Å². The molecule has 5 heteroatoms. The van der Waals surface area contributed by atoms with E-state index in [4.69, 9.17) is 16.7 Å². The maximum Gasteiger partial charge on any atom is 0.272 e. The Hall–Kier alpha value is -1.13. The number of carbonyl (C=O) groups excluding carboxylic acids is 1. The van der Waals surface area contributed by atoms with E-state index in [1.165, 1.54) is 0 Å². The minimum Gasteiger partial charge on any atom is -0.395 e. The van der Waals surface area contributed by atoms with Gasteiger partial charge >= 0.3 is 0 Å². The largest absolute Gasteiger partial charge is 0.395 e. The summed E-state index contributed by atoms with van der Waals surface area (Å²) in [5.74, 6) is -0.185. The third-order valence-corrected chi connectivity index (χ3v) is 2.58. The van der Waals surface area contributed by atoms with Crippen molar-refractivity contribution in [2.75, 3.05) is 19.7 Å². The number of unbranched alkanes of at least 4 members (excludes halogenated alkanes) is 1. The van der Waals surface area contributed by atoms with Gasteiger partial charge in [0.05, 0.1) is 6.61 Å². The molecule has 0 unspecified atom stereocenters. The average Bonchev–Trinajstić information content (AvgIpc) is 2.33. The van der Waals surface area contributed by atoms with Crippen molar-refractivity contribution in [2.24, 2.45) is 0 Å². The van der Waals surface area contributed by atoms with Crippen LogP contribution in [0.4, 0.5) is 0 Å². The van der Waals surface area contributed by atoms with Crippen molar-refractivity contribution >= 4 is 17.5 Å². The molecule has 1 rings (SSSR count). The number of hydrogen-bond acceptors (Lipinski definition) is 3. The van der Waals surface area contributed by atoms with Crippen molar-refractivity contribution in [1.82, 2.24) is 9.88 Å². The molecule has 0 radical (unpaired) electrons. The van der Waals surface area contributed by atoms with Gasteiger partial charge in [0, 0.05) is 13.1 Å². The smallest absolute Gasteiger partial charge is 0.272 e. The normalized spacial score (nSPS) is 10.3. The fourth-order valence-corrected chi connectivity index (χ4v) is 1.64. The molecule has 1 heterocycles. The number of aliphatic hydroxyl groups excluding tert-OH is 1. The van der Waals surface area contributed by atoms with Crippen LogP contribution in [0.25, 0.3) is 0 Å². The molecule has 0 fully saturated rings. The molecule has 1 aromatic rings. The Morgan fingerprint density at radius 1 is 1.47 bits per heavy atom. The minimum atomic E-state index is -0.185. The molecular formula is C12H17ClN2O2. The molecule has 1 amide bonds. The lowest BCUT2D eigenvalue weighted by Gasteiger charge is -2.21. The maximum atomic E-state index is 12.1. The summed E-state index contributed by atoms with van der Waals surface area (Å²) in [5.41, 5.74) is 0.321. The SMILES string of the molecule is CCCCN(CCO)C(=O)c1cccc(Cl)n1. The van der Waals surface area contributed by atoms with Crippen LogP contribution in [0.3, 0.4) is 0 Å². The van der Waals surface area contributed by atoms with Gasteiger partial charge in [0.15, 0.2) is 0 Å². The van der Waals surface area contributed by atoms with E-state index in [0.717, 1.165) is 12.8 Å². The van der Waals surface area contributed by atoms with Crippen molar-refractivity contribution in [3.8, 4) is 0 Å². The van der Waals surface area contributed by atoms with E-state index in [1.807, 2.05) is 0 Å². The summed E-state index contributed by atoms with van der Waals surface area (Å²) in [6, 6.07) is 4.95. The van der Waals surface area contributed by atoms with Crippen molar-refractivity contribution in [3.63, 3.8) is 0 Å². The number of rotatable bonds is 6.